The molecule has 2 N–H and O–H groups in total. The van der Waals surface area contributed by atoms with Crippen molar-refractivity contribution in [3.63, 3.8) is 0 Å². The Balaban J connectivity index is 2.70. The van der Waals surface area contributed by atoms with E-state index in [2.05, 4.69) is 0 Å². The van der Waals surface area contributed by atoms with E-state index in [4.69, 9.17) is 5.73 Å². The van der Waals surface area contributed by atoms with Crippen LogP contribution < -0.4 is 5.73 Å². The summed E-state index contributed by atoms with van der Waals surface area (Å²) < 4.78 is 12.0. The van der Waals surface area contributed by atoms with Crippen molar-refractivity contribution < 1.29 is 9.00 Å². The minimum absolute atomic E-state index is 0.0235. The van der Waals surface area contributed by atoms with E-state index in [0.717, 1.165) is 5.56 Å². The van der Waals surface area contributed by atoms with E-state index in [0.29, 0.717) is 16.3 Å². The number of rotatable bonds is 4. The first-order chi connectivity index (χ1) is 7.91. The molecule has 1 unspecified atom stereocenters. The maximum Gasteiger partial charge on any atom is 0.222 e. The van der Waals surface area contributed by atoms with Gasteiger partial charge in [0.15, 0.2) is 0 Å². The summed E-state index contributed by atoms with van der Waals surface area (Å²) in [5, 5.41) is 0. The lowest BCUT2D eigenvalue weighted by Crippen LogP contribution is -2.23. The molecule has 4 nitrogen and oxygen atoms in total. The van der Waals surface area contributed by atoms with Crippen molar-refractivity contribution in [3.8, 4) is 0 Å². The molecule has 0 fully saturated rings. The molecule has 5 heteroatoms. The number of hydrogen-bond acceptors (Lipinski definition) is 3. The zero-order valence-electron chi connectivity index (χ0n) is 10.4. The lowest BCUT2D eigenvalue weighted by Gasteiger charge is -2.10. The molecule has 0 aliphatic heterocycles. The Bertz CT molecular complexity index is 444. The topological polar surface area (TPSA) is 63.4 Å². The van der Waals surface area contributed by atoms with Crippen molar-refractivity contribution in [2.45, 2.75) is 18.2 Å². The summed E-state index contributed by atoms with van der Waals surface area (Å²) in [6.07, 6.45) is 0.271. The van der Waals surface area contributed by atoms with E-state index in [-0.39, 0.29) is 12.3 Å². The monoisotopic (exact) mass is 254 g/mol. The molecule has 17 heavy (non-hydrogen) atoms. The molecule has 0 bridgehead atoms. The molecule has 94 valence electrons. The fourth-order valence-electron chi connectivity index (χ4n) is 1.35. The molecule has 1 aromatic carbocycles. The van der Waals surface area contributed by atoms with Crippen LogP contribution in [0, 0.1) is 6.92 Å². The van der Waals surface area contributed by atoms with Crippen molar-refractivity contribution in [1.82, 2.24) is 4.90 Å². The number of carbonyl (C=O) groups excluding carboxylic acids is 1. The van der Waals surface area contributed by atoms with E-state index < -0.39 is 10.8 Å². The fourth-order valence-corrected chi connectivity index (χ4v) is 2.58. The third-order valence-electron chi connectivity index (χ3n) is 2.41. The SMILES string of the molecule is Cc1ccc(N)c(S(=O)CCC(=O)N(C)C)c1. The first-order valence-corrected chi connectivity index (χ1v) is 6.68. The summed E-state index contributed by atoms with van der Waals surface area (Å²) in [5.41, 5.74) is 7.30. The number of aryl methyl sites for hydroxylation is 1. The maximum absolute atomic E-state index is 12.0. The van der Waals surface area contributed by atoms with Gasteiger partial charge in [-0.05, 0) is 24.6 Å². The highest BCUT2D eigenvalue weighted by molar-refractivity contribution is 7.85. The van der Waals surface area contributed by atoms with E-state index in [1.54, 1.807) is 20.2 Å². The highest BCUT2D eigenvalue weighted by atomic mass is 32.2. The van der Waals surface area contributed by atoms with E-state index in [1.807, 2.05) is 19.1 Å². The van der Waals surface area contributed by atoms with Gasteiger partial charge < -0.3 is 10.6 Å². The van der Waals surface area contributed by atoms with Crippen LogP contribution in [0.2, 0.25) is 0 Å². The van der Waals surface area contributed by atoms with Gasteiger partial charge in [-0.3, -0.25) is 9.00 Å². The van der Waals surface area contributed by atoms with Crippen LogP contribution in [0.15, 0.2) is 23.1 Å². The molecule has 0 heterocycles. The minimum atomic E-state index is -1.21. The van der Waals surface area contributed by atoms with Gasteiger partial charge in [0.05, 0.1) is 15.7 Å². The number of benzene rings is 1. The van der Waals surface area contributed by atoms with Gasteiger partial charge in [-0.15, -0.1) is 0 Å². The van der Waals surface area contributed by atoms with Gasteiger partial charge in [0, 0.05) is 32.0 Å². The van der Waals surface area contributed by atoms with Gasteiger partial charge in [-0.25, -0.2) is 0 Å². The van der Waals surface area contributed by atoms with Crippen LogP contribution in [0.5, 0.6) is 0 Å². The average Bonchev–Trinajstić information content (AvgIpc) is 2.28. The predicted octanol–water partition coefficient (Wildman–Crippen LogP) is 1.16. The van der Waals surface area contributed by atoms with E-state index in [1.165, 1.54) is 4.90 Å². The zero-order chi connectivity index (χ0) is 13.0. The molecule has 1 atom stereocenters. The van der Waals surface area contributed by atoms with E-state index in [9.17, 15) is 9.00 Å². The number of carbonyl (C=O) groups is 1. The molecule has 1 rings (SSSR count). The fraction of sp³-hybridized carbons (Fsp3) is 0.417. The second-order valence-corrected chi connectivity index (χ2v) is 5.67. The van der Waals surface area contributed by atoms with Crippen LogP contribution in [-0.4, -0.2) is 34.9 Å². The van der Waals surface area contributed by atoms with Crippen LogP contribution in [0.25, 0.3) is 0 Å². The second kappa shape index (κ2) is 5.82. The standard InChI is InChI=1S/C12H18N2O2S/c1-9-4-5-10(13)11(8-9)17(16)7-6-12(15)14(2)3/h4-5,8H,6-7,13H2,1-3H3. The molecule has 0 aliphatic rings. The maximum atomic E-state index is 12.0. The van der Waals surface area contributed by atoms with Crippen LogP contribution in [-0.2, 0) is 15.6 Å². The van der Waals surface area contributed by atoms with Gasteiger partial charge in [-0.1, -0.05) is 6.07 Å². The number of anilines is 1. The minimum Gasteiger partial charge on any atom is -0.398 e. The molecule has 1 aromatic rings. The highest BCUT2D eigenvalue weighted by Gasteiger charge is 2.11. The van der Waals surface area contributed by atoms with Crippen molar-refractivity contribution in [3.05, 3.63) is 23.8 Å². The largest absolute Gasteiger partial charge is 0.398 e. The van der Waals surface area contributed by atoms with Gasteiger partial charge in [0.25, 0.3) is 0 Å². The highest BCUT2D eigenvalue weighted by Crippen LogP contribution is 2.18. The van der Waals surface area contributed by atoms with Crippen molar-refractivity contribution in [2.75, 3.05) is 25.6 Å². The van der Waals surface area contributed by atoms with Crippen LogP contribution >= 0.6 is 0 Å². The first kappa shape index (κ1) is 13.7. The van der Waals surface area contributed by atoms with Gasteiger partial charge in [0.1, 0.15) is 0 Å². The molecule has 0 aromatic heterocycles. The molecule has 0 radical (unpaired) electrons. The summed E-state index contributed by atoms with van der Waals surface area (Å²) in [6, 6.07) is 5.43. The third kappa shape index (κ3) is 3.85. The Morgan fingerprint density at radius 2 is 2.06 bits per heavy atom. The Morgan fingerprint density at radius 3 is 2.65 bits per heavy atom. The van der Waals surface area contributed by atoms with Gasteiger partial charge in [-0.2, -0.15) is 0 Å². The summed E-state index contributed by atoms with van der Waals surface area (Å²) in [5.74, 6) is 0.287. The molecule has 0 spiro atoms. The number of nitrogen functional groups attached to an aromatic ring is 1. The summed E-state index contributed by atoms with van der Waals surface area (Å²) in [7, 11) is 2.16. The number of hydrogen-bond donors (Lipinski definition) is 1. The molecular weight excluding hydrogens is 236 g/mol. The third-order valence-corrected chi connectivity index (χ3v) is 3.83. The smallest absolute Gasteiger partial charge is 0.222 e. The Hall–Kier alpha value is -1.36. The van der Waals surface area contributed by atoms with Crippen molar-refractivity contribution in [1.29, 1.82) is 0 Å². The number of nitrogens with two attached hydrogens (primary N) is 1. The number of nitrogens with zero attached hydrogens (tertiary/aromatic N) is 1. The normalized spacial score (nSPS) is 12.2. The first-order valence-electron chi connectivity index (χ1n) is 5.36. The van der Waals surface area contributed by atoms with Crippen LogP contribution in [0.4, 0.5) is 5.69 Å². The van der Waals surface area contributed by atoms with Crippen LogP contribution in [0.1, 0.15) is 12.0 Å². The van der Waals surface area contributed by atoms with Crippen LogP contribution in [0.3, 0.4) is 0 Å². The van der Waals surface area contributed by atoms with Gasteiger partial charge in [0.2, 0.25) is 5.91 Å². The Morgan fingerprint density at radius 1 is 1.41 bits per heavy atom. The molecule has 0 aliphatic carbocycles. The average molecular weight is 254 g/mol. The van der Waals surface area contributed by atoms with Crippen molar-refractivity contribution in [2.24, 2.45) is 0 Å². The zero-order valence-corrected chi connectivity index (χ0v) is 11.2. The molecule has 0 saturated carbocycles. The molecule has 1 amide bonds. The predicted molar refractivity (Wildman–Crippen MR) is 70.2 cm³/mol. The van der Waals surface area contributed by atoms with Gasteiger partial charge >= 0.3 is 0 Å². The Labute approximate surface area is 104 Å². The van der Waals surface area contributed by atoms with E-state index >= 15 is 0 Å². The quantitative estimate of drug-likeness (QED) is 0.820. The molecular formula is C12H18N2O2S. The lowest BCUT2D eigenvalue weighted by molar-refractivity contribution is -0.128. The lowest BCUT2D eigenvalue weighted by atomic mass is 10.2. The second-order valence-electron chi connectivity index (χ2n) is 4.13. The summed E-state index contributed by atoms with van der Waals surface area (Å²) in [6.45, 7) is 1.92. The summed E-state index contributed by atoms with van der Waals surface area (Å²) >= 11 is 0. The van der Waals surface area contributed by atoms with Crippen molar-refractivity contribution >= 4 is 22.4 Å². The number of amides is 1. The summed E-state index contributed by atoms with van der Waals surface area (Å²) in [4.78, 5) is 13.5. The Kier molecular flexibility index (Phi) is 4.69. The molecule has 0 saturated heterocycles.